The number of amides is 1. The highest BCUT2D eigenvalue weighted by Crippen LogP contribution is 2.25. The zero-order valence-corrected chi connectivity index (χ0v) is 15.1. The second kappa shape index (κ2) is 7.69. The second-order valence-corrected chi connectivity index (χ2v) is 6.63. The number of nitrogens with one attached hydrogen (secondary N) is 2. The molecule has 9 nitrogen and oxygen atoms in total. The van der Waals surface area contributed by atoms with Gasteiger partial charge in [-0.3, -0.25) is 9.48 Å². The normalized spacial score (nSPS) is 19.6. The van der Waals surface area contributed by atoms with Crippen molar-refractivity contribution in [2.75, 3.05) is 36.9 Å². The zero-order chi connectivity index (χ0) is 18.6. The Balaban J connectivity index is 1.48. The fourth-order valence-corrected chi connectivity index (χ4v) is 3.09. The monoisotopic (exact) mass is 359 g/mol. The molecule has 3 rings (SSSR count). The number of hydrogen-bond acceptors (Lipinski definition) is 7. The van der Waals surface area contributed by atoms with E-state index in [1.54, 1.807) is 17.9 Å². The standard InChI is InChI=1S/C17H25N7O2/c1-18-14-9-15(21-12-20-14)24-8-6-17(26,11-24)10-19-16(25)4-3-13-5-7-22-23(13)2/h5,7,9,12,26H,3-4,6,8,10-11H2,1-2H3,(H,19,25)(H,18,20,21)/t17-/m1/s1. The molecule has 2 aromatic heterocycles. The molecule has 0 bridgehead atoms. The van der Waals surface area contributed by atoms with Gasteiger partial charge in [0.25, 0.3) is 0 Å². The van der Waals surface area contributed by atoms with Crippen LogP contribution in [0.1, 0.15) is 18.5 Å². The van der Waals surface area contributed by atoms with Crippen LogP contribution in [0, 0.1) is 0 Å². The van der Waals surface area contributed by atoms with Crippen molar-refractivity contribution in [2.24, 2.45) is 7.05 Å². The van der Waals surface area contributed by atoms with Crippen LogP contribution in [0.3, 0.4) is 0 Å². The number of hydrogen-bond donors (Lipinski definition) is 3. The van der Waals surface area contributed by atoms with Gasteiger partial charge in [-0.15, -0.1) is 0 Å². The van der Waals surface area contributed by atoms with E-state index in [1.165, 1.54) is 6.33 Å². The van der Waals surface area contributed by atoms with Gasteiger partial charge >= 0.3 is 0 Å². The number of β-amino-alcohol motifs (C(OH)–C–C–N with tert-alkyl or cyclic N) is 1. The van der Waals surface area contributed by atoms with Gasteiger partial charge < -0.3 is 20.6 Å². The average Bonchev–Trinajstić information content (AvgIpc) is 3.24. The molecule has 1 fully saturated rings. The Bertz CT molecular complexity index is 763. The first-order chi connectivity index (χ1) is 12.5. The molecule has 1 aliphatic rings. The maximum absolute atomic E-state index is 12.1. The number of anilines is 2. The lowest BCUT2D eigenvalue weighted by Gasteiger charge is -2.24. The molecular weight excluding hydrogens is 334 g/mol. The molecule has 0 radical (unpaired) electrons. The first-order valence-corrected chi connectivity index (χ1v) is 8.70. The summed E-state index contributed by atoms with van der Waals surface area (Å²) < 4.78 is 1.76. The summed E-state index contributed by atoms with van der Waals surface area (Å²) in [5.74, 6) is 1.43. The van der Waals surface area contributed by atoms with E-state index < -0.39 is 5.60 Å². The minimum Gasteiger partial charge on any atom is -0.386 e. The van der Waals surface area contributed by atoms with E-state index in [4.69, 9.17) is 0 Å². The first kappa shape index (κ1) is 18.1. The van der Waals surface area contributed by atoms with Crippen LogP contribution in [-0.2, 0) is 18.3 Å². The summed E-state index contributed by atoms with van der Waals surface area (Å²) in [5, 5.41) is 20.7. The number of carbonyl (C=O) groups is 1. The van der Waals surface area contributed by atoms with Crippen molar-refractivity contribution in [1.29, 1.82) is 0 Å². The Morgan fingerprint density at radius 2 is 2.27 bits per heavy atom. The summed E-state index contributed by atoms with van der Waals surface area (Å²) >= 11 is 0. The van der Waals surface area contributed by atoms with Gasteiger partial charge in [-0.25, -0.2) is 9.97 Å². The van der Waals surface area contributed by atoms with Gasteiger partial charge in [0.1, 0.15) is 23.6 Å². The molecule has 0 aromatic carbocycles. The molecule has 1 atom stereocenters. The lowest BCUT2D eigenvalue weighted by atomic mass is 10.0. The molecule has 0 unspecified atom stereocenters. The van der Waals surface area contributed by atoms with Crippen LogP contribution >= 0.6 is 0 Å². The molecular formula is C17H25N7O2. The summed E-state index contributed by atoms with van der Waals surface area (Å²) in [6, 6.07) is 3.75. The minimum absolute atomic E-state index is 0.0717. The molecule has 2 aromatic rings. The minimum atomic E-state index is -0.951. The summed E-state index contributed by atoms with van der Waals surface area (Å²) in [6.07, 6.45) is 4.79. The molecule has 3 heterocycles. The third-order valence-electron chi connectivity index (χ3n) is 4.71. The fraction of sp³-hybridized carbons (Fsp3) is 0.529. The molecule has 0 saturated carbocycles. The van der Waals surface area contributed by atoms with Crippen LogP contribution in [-0.4, -0.2) is 63.0 Å². The Hall–Kier alpha value is -2.68. The quantitative estimate of drug-likeness (QED) is 0.636. The maximum atomic E-state index is 12.1. The van der Waals surface area contributed by atoms with E-state index in [-0.39, 0.29) is 12.5 Å². The molecule has 1 saturated heterocycles. The number of carbonyl (C=O) groups excluding carboxylic acids is 1. The Morgan fingerprint density at radius 1 is 1.42 bits per heavy atom. The van der Waals surface area contributed by atoms with Gasteiger partial charge in [-0.05, 0) is 18.9 Å². The van der Waals surface area contributed by atoms with Gasteiger partial charge in [-0.1, -0.05) is 0 Å². The lowest BCUT2D eigenvalue weighted by Crippen LogP contribution is -2.45. The zero-order valence-electron chi connectivity index (χ0n) is 15.1. The predicted octanol–water partition coefficient (Wildman–Crippen LogP) is -0.0580. The lowest BCUT2D eigenvalue weighted by molar-refractivity contribution is -0.122. The summed E-state index contributed by atoms with van der Waals surface area (Å²) in [4.78, 5) is 22.5. The van der Waals surface area contributed by atoms with E-state index in [1.807, 2.05) is 24.1 Å². The smallest absolute Gasteiger partial charge is 0.220 e. The van der Waals surface area contributed by atoms with Gasteiger partial charge in [0.05, 0.1) is 0 Å². The second-order valence-electron chi connectivity index (χ2n) is 6.63. The molecule has 9 heteroatoms. The number of rotatable bonds is 7. The largest absolute Gasteiger partial charge is 0.386 e. The first-order valence-electron chi connectivity index (χ1n) is 8.70. The van der Waals surface area contributed by atoms with Crippen LogP contribution in [0.25, 0.3) is 0 Å². The number of nitrogens with zero attached hydrogens (tertiary/aromatic N) is 5. The molecule has 0 aliphatic carbocycles. The van der Waals surface area contributed by atoms with Crippen LogP contribution in [0.4, 0.5) is 11.6 Å². The number of aromatic nitrogens is 4. The topological polar surface area (TPSA) is 108 Å². The molecule has 140 valence electrons. The highest BCUT2D eigenvalue weighted by molar-refractivity contribution is 5.76. The molecule has 3 N–H and O–H groups in total. The predicted molar refractivity (Wildman–Crippen MR) is 97.9 cm³/mol. The van der Waals surface area contributed by atoms with Crippen LogP contribution in [0.15, 0.2) is 24.7 Å². The van der Waals surface area contributed by atoms with Gasteiger partial charge in [-0.2, -0.15) is 5.10 Å². The maximum Gasteiger partial charge on any atom is 0.220 e. The Kier molecular flexibility index (Phi) is 5.36. The van der Waals surface area contributed by atoms with Crippen molar-refractivity contribution in [3.63, 3.8) is 0 Å². The number of aryl methyl sites for hydroxylation is 2. The molecule has 1 aliphatic heterocycles. The third kappa shape index (κ3) is 4.29. The Morgan fingerprint density at radius 3 is 3.00 bits per heavy atom. The van der Waals surface area contributed by atoms with Crippen LogP contribution in [0.5, 0.6) is 0 Å². The van der Waals surface area contributed by atoms with Gasteiger partial charge in [0.2, 0.25) is 5.91 Å². The van der Waals surface area contributed by atoms with Crippen LogP contribution in [0.2, 0.25) is 0 Å². The van der Waals surface area contributed by atoms with Crippen molar-refractivity contribution < 1.29 is 9.90 Å². The van der Waals surface area contributed by atoms with Crippen LogP contribution < -0.4 is 15.5 Å². The van der Waals surface area contributed by atoms with Crippen molar-refractivity contribution in [2.45, 2.75) is 24.9 Å². The van der Waals surface area contributed by atoms with Crippen molar-refractivity contribution in [3.05, 3.63) is 30.4 Å². The SMILES string of the molecule is CNc1cc(N2CC[C@@](O)(CNC(=O)CCc3ccnn3C)C2)ncn1. The van der Waals surface area contributed by atoms with E-state index in [0.717, 1.165) is 17.3 Å². The summed E-state index contributed by atoms with van der Waals surface area (Å²) in [7, 11) is 3.66. The Labute approximate surface area is 152 Å². The highest BCUT2D eigenvalue weighted by atomic mass is 16.3. The molecule has 0 spiro atoms. The summed E-state index contributed by atoms with van der Waals surface area (Å²) in [6.45, 7) is 1.34. The highest BCUT2D eigenvalue weighted by Gasteiger charge is 2.37. The number of aliphatic hydroxyl groups is 1. The summed E-state index contributed by atoms with van der Waals surface area (Å²) in [5.41, 5.74) is 0.0578. The van der Waals surface area contributed by atoms with Crippen molar-refractivity contribution in [3.8, 4) is 0 Å². The van der Waals surface area contributed by atoms with Gasteiger partial charge in [0.15, 0.2) is 0 Å². The fourth-order valence-electron chi connectivity index (χ4n) is 3.09. The molecule has 26 heavy (non-hydrogen) atoms. The van der Waals surface area contributed by atoms with E-state index in [2.05, 4.69) is 25.7 Å². The van der Waals surface area contributed by atoms with Crippen molar-refractivity contribution >= 4 is 17.5 Å². The van der Waals surface area contributed by atoms with Gasteiger partial charge in [0, 0.05) is 58.1 Å². The average molecular weight is 359 g/mol. The third-order valence-corrected chi connectivity index (χ3v) is 4.71. The van der Waals surface area contributed by atoms with Crippen molar-refractivity contribution in [1.82, 2.24) is 25.1 Å². The van der Waals surface area contributed by atoms with E-state index in [0.29, 0.717) is 32.4 Å². The van der Waals surface area contributed by atoms with E-state index >= 15 is 0 Å². The molecule has 1 amide bonds. The van der Waals surface area contributed by atoms with E-state index in [9.17, 15) is 9.90 Å².